The molecule has 0 unspecified atom stereocenters. The van der Waals surface area contributed by atoms with Gasteiger partial charge in [0, 0.05) is 21.5 Å². The molecule has 0 saturated carbocycles. The Kier molecular flexibility index (Phi) is 6.47. The Morgan fingerprint density at radius 3 is 1.40 bits per heavy atom. The van der Waals surface area contributed by atoms with E-state index in [1.807, 2.05) is 0 Å². The Hall–Kier alpha value is -5.14. The van der Waals surface area contributed by atoms with E-state index in [0.29, 0.717) is 17.8 Å². The summed E-state index contributed by atoms with van der Waals surface area (Å²) < 4.78 is 2.55. The van der Waals surface area contributed by atoms with E-state index in [9.17, 15) is 0 Å². The van der Waals surface area contributed by atoms with Crippen molar-refractivity contribution in [2.45, 2.75) is 59.3 Å². The summed E-state index contributed by atoms with van der Waals surface area (Å²) in [5, 5.41) is 10.5. The summed E-state index contributed by atoms with van der Waals surface area (Å²) in [6.07, 6.45) is 0. The van der Waals surface area contributed by atoms with Gasteiger partial charge in [0.2, 0.25) is 0 Å². The average molecular weight is 620 g/mol. The summed E-state index contributed by atoms with van der Waals surface area (Å²) in [5.41, 5.74) is 13.1. The molecule has 0 aliphatic carbocycles. The lowest BCUT2D eigenvalue weighted by molar-refractivity contribution is 0.867. The molecule has 0 fully saturated rings. The number of fused-ring (bicyclic) bond motifs is 8. The number of hydrogen-bond donors (Lipinski definition) is 0. The van der Waals surface area contributed by atoms with Gasteiger partial charge in [-0.25, -0.2) is 0 Å². The van der Waals surface area contributed by atoms with Crippen molar-refractivity contribution in [2.24, 2.45) is 0 Å². The first kappa shape index (κ1) is 29.0. The van der Waals surface area contributed by atoms with Gasteiger partial charge < -0.3 is 4.40 Å². The SMILES string of the molecule is CC(C)c1ccc(-c2cc3c4cc5cc(C(C)C)ccc5cc4n4c5cc6ccc(C(C)C)cc6cc5c(c2)c34)c(-c2ccccc2)c1. The fourth-order valence-corrected chi connectivity index (χ4v) is 7.97. The van der Waals surface area contributed by atoms with Crippen molar-refractivity contribution in [1.29, 1.82) is 0 Å². The van der Waals surface area contributed by atoms with Gasteiger partial charge in [0.25, 0.3) is 0 Å². The molecule has 9 rings (SSSR count). The van der Waals surface area contributed by atoms with E-state index in [-0.39, 0.29) is 0 Å². The van der Waals surface area contributed by atoms with Gasteiger partial charge in [0.15, 0.2) is 0 Å². The molecule has 48 heavy (non-hydrogen) atoms. The zero-order valence-corrected chi connectivity index (χ0v) is 28.7. The minimum atomic E-state index is 0.458. The van der Waals surface area contributed by atoms with E-state index in [1.165, 1.54) is 98.6 Å². The molecule has 0 saturated heterocycles. The number of aromatic nitrogens is 1. The first-order valence-corrected chi connectivity index (χ1v) is 17.6. The molecule has 7 aromatic carbocycles. The quantitative estimate of drug-likeness (QED) is 0.181. The molecule has 2 heterocycles. The van der Waals surface area contributed by atoms with Gasteiger partial charge in [-0.3, -0.25) is 0 Å². The standard InChI is InChI=1S/C47H41N/c1-27(2)31-12-14-34-25-45-41(21-36(34)18-31)43-23-38(39-17-16-33(29(5)6)20-40(39)30-10-8-7-9-11-30)24-44-42-22-37-19-32(28(3)4)13-15-35(37)26-46(42)48(45)47(43)44/h7-29H,1-6H3. The van der Waals surface area contributed by atoms with Crippen LogP contribution in [0.5, 0.6) is 0 Å². The largest absolute Gasteiger partial charge is 0.308 e. The van der Waals surface area contributed by atoms with Crippen LogP contribution in [0.2, 0.25) is 0 Å². The van der Waals surface area contributed by atoms with E-state index in [2.05, 4.69) is 167 Å². The van der Waals surface area contributed by atoms with E-state index in [4.69, 9.17) is 0 Å². The second-order valence-electron chi connectivity index (χ2n) is 14.8. The fourth-order valence-electron chi connectivity index (χ4n) is 7.97. The number of hydrogen-bond acceptors (Lipinski definition) is 0. The van der Waals surface area contributed by atoms with Crippen LogP contribution in [0.25, 0.3) is 81.9 Å². The minimum Gasteiger partial charge on any atom is -0.308 e. The van der Waals surface area contributed by atoms with Gasteiger partial charge >= 0.3 is 0 Å². The average Bonchev–Trinajstić information content (AvgIpc) is 3.59. The van der Waals surface area contributed by atoms with Crippen molar-refractivity contribution in [3.05, 3.63) is 138 Å². The van der Waals surface area contributed by atoms with Crippen LogP contribution in [0.4, 0.5) is 0 Å². The third-order valence-corrected chi connectivity index (χ3v) is 10.8. The zero-order chi connectivity index (χ0) is 32.8. The van der Waals surface area contributed by atoms with Gasteiger partial charge in [-0.1, -0.05) is 126 Å². The fraction of sp³-hybridized carbons (Fsp3) is 0.191. The van der Waals surface area contributed by atoms with Crippen LogP contribution in [0, 0.1) is 0 Å². The minimum absolute atomic E-state index is 0.458. The van der Waals surface area contributed by atoms with Crippen LogP contribution in [-0.4, -0.2) is 4.40 Å². The molecule has 0 atom stereocenters. The number of nitrogens with zero attached hydrogens (tertiary/aromatic N) is 1. The Balaban J connectivity index is 1.43. The van der Waals surface area contributed by atoms with Crippen molar-refractivity contribution in [3.63, 3.8) is 0 Å². The molecule has 2 aromatic heterocycles. The summed E-state index contributed by atoms with van der Waals surface area (Å²) >= 11 is 0. The topological polar surface area (TPSA) is 4.41 Å². The second-order valence-corrected chi connectivity index (χ2v) is 14.8. The summed E-state index contributed by atoms with van der Waals surface area (Å²) in [6, 6.07) is 46.7. The third kappa shape index (κ3) is 4.37. The van der Waals surface area contributed by atoms with Gasteiger partial charge in [0.1, 0.15) is 0 Å². The maximum atomic E-state index is 2.55. The lowest BCUT2D eigenvalue weighted by Gasteiger charge is -2.15. The van der Waals surface area contributed by atoms with Crippen molar-refractivity contribution in [1.82, 2.24) is 4.40 Å². The van der Waals surface area contributed by atoms with Crippen LogP contribution < -0.4 is 0 Å². The Morgan fingerprint density at radius 2 is 0.875 bits per heavy atom. The third-order valence-electron chi connectivity index (χ3n) is 10.8. The zero-order valence-electron chi connectivity index (χ0n) is 28.7. The highest BCUT2D eigenvalue weighted by Crippen LogP contribution is 2.45. The van der Waals surface area contributed by atoms with E-state index < -0.39 is 0 Å². The molecule has 0 radical (unpaired) electrons. The molecule has 0 aliphatic heterocycles. The lowest BCUT2D eigenvalue weighted by Crippen LogP contribution is -1.92. The van der Waals surface area contributed by atoms with Crippen molar-refractivity contribution in [3.8, 4) is 22.3 Å². The van der Waals surface area contributed by atoms with Crippen LogP contribution in [0.3, 0.4) is 0 Å². The monoisotopic (exact) mass is 619 g/mol. The van der Waals surface area contributed by atoms with Gasteiger partial charge in [-0.05, 0) is 115 Å². The van der Waals surface area contributed by atoms with Crippen molar-refractivity contribution < 1.29 is 0 Å². The summed E-state index contributed by atoms with van der Waals surface area (Å²) in [5.74, 6) is 1.44. The predicted molar refractivity (Wildman–Crippen MR) is 209 cm³/mol. The highest BCUT2D eigenvalue weighted by atomic mass is 14.9. The molecular weight excluding hydrogens is 579 g/mol. The van der Waals surface area contributed by atoms with Gasteiger partial charge in [-0.15, -0.1) is 0 Å². The summed E-state index contributed by atoms with van der Waals surface area (Å²) in [4.78, 5) is 0. The first-order valence-electron chi connectivity index (χ1n) is 17.6. The molecule has 0 N–H and O–H groups in total. The molecule has 0 amide bonds. The predicted octanol–water partition coefficient (Wildman–Crippen LogP) is 13.8. The number of benzene rings is 7. The van der Waals surface area contributed by atoms with E-state index >= 15 is 0 Å². The Bertz CT molecular complexity index is 2550. The summed E-state index contributed by atoms with van der Waals surface area (Å²) in [6.45, 7) is 13.7. The molecule has 1 nitrogen and oxygen atoms in total. The molecule has 234 valence electrons. The molecule has 1 heteroatoms. The number of rotatable bonds is 5. The van der Waals surface area contributed by atoms with Crippen LogP contribution >= 0.6 is 0 Å². The molecule has 0 aliphatic rings. The van der Waals surface area contributed by atoms with Crippen molar-refractivity contribution >= 4 is 59.6 Å². The molecular formula is C47H41N. The smallest absolute Gasteiger partial charge is 0.0620 e. The van der Waals surface area contributed by atoms with E-state index in [1.54, 1.807) is 0 Å². The highest BCUT2D eigenvalue weighted by Gasteiger charge is 2.22. The first-order chi connectivity index (χ1) is 23.2. The van der Waals surface area contributed by atoms with Gasteiger partial charge in [-0.2, -0.15) is 0 Å². The lowest BCUT2D eigenvalue weighted by atomic mass is 9.89. The van der Waals surface area contributed by atoms with Crippen LogP contribution in [0.1, 0.15) is 76.0 Å². The normalized spacial score (nSPS) is 12.5. The molecule has 9 aromatic rings. The van der Waals surface area contributed by atoms with Crippen molar-refractivity contribution in [2.75, 3.05) is 0 Å². The molecule has 0 spiro atoms. The second kappa shape index (κ2) is 10.7. The highest BCUT2D eigenvalue weighted by molar-refractivity contribution is 6.27. The van der Waals surface area contributed by atoms with Crippen LogP contribution in [-0.2, 0) is 0 Å². The maximum absolute atomic E-state index is 2.55. The van der Waals surface area contributed by atoms with Gasteiger partial charge in [0.05, 0.1) is 16.6 Å². The summed E-state index contributed by atoms with van der Waals surface area (Å²) in [7, 11) is 0. The van der Waals surface area contributed by atoms with Crippen LogP contribution in [0.15, 0.2) is 121 Å². The Morgan fingerprint density at radius 1 is 0.375 bits per heavy atom. The van der Waals surface area contributed by atoms with E-state index in [0.717, 1.165) is 0 Å². The Labute approximate surface area is 282 Å². The maximum Gasteiger partial charge on any atom is 0.0620 e. The molecule has 0 bridgehead atoms.